The zero-order valence-corrected chi connectivity index (χ0v) is 10.9. The van der Waals surface area contributed by atoms with Crippen LogP contribution >= 0.6 is 0 Å². The Labute approximate surface area is 115 Å². The molecule has 0 saturated carbocycles. The highest BCUT2D eigenvalue weighted by molar-refractivity contribution is 5.59. The Morgan fingerprint density at radius 1 is 1.60 bits per heavy atom. The molecule has 20 heavy (non-hydrogen) atoms. The van der Waals surface area contributed by atoms with Gasteiger partial charge in [-0.3, -0.25) is 14.8 Å². The van der Waals surface area contributed by atoms with Crippen LogP contribution in [0.3, 0.4) is 0 Å². The summed E-state index contributed by atoms with van der Waals surface area (Å²) in [6.07, 6.45) is 3.54. The minimum Gasteiger partial charge on any atom is -0.381 e. The number of rotatable bonds is 5. The van der Waals surface area contributed by atoms with Crippen LogP contribution in [0.5, 0.6) is 0 Å². The monoisotopic (exact) mass is 271 g/mol. The molecule has 0 saturated heterocycles. The topological polar surface area (TPSA) is 96.8 Å². The first kappa shape index (κ1) is 13.5. The molecule has 0 amide bonds. The van der Waals surface area contributed by atoms with E-state index in [9.17, 15) is 10.1 Å². The van der Waals surface area contributed by atoms with Gasteiger partial charge in [0.25, 0.3) is 5.69 Å². The molecule has 0 bridgehead atoms. The first-order valence-electron chi connectivity index (χ1n) is 6.02. The highest BCUT2D eigenvalue weighted by Gasteiger charge is 2.15. The Balaban J connectivity index is 2.11. The van der Waals surface area contributed by atoms with Crippen LogP contribution in [0.4, 0.5) is 11.4 Å². The van der Waals surface area contributed by atoms with Gasteiger partial charge in [0.15, 0.2) is 0 Å². The minimum absolute atomic E-state index is 0.0439. The lowest BCUT2D eigenvalue weighted by molar-refractivity contribution is -0.385. The van der Waals surface area contributed by atoms with Gasteiger partial charge in [0, 0.05) is 30.2 Å². The summed E-state index contributed by atoms with van der Waals surface area (Å²) in [5, 5.41) is 27.0. The smallest absolute Gasteiger partial charge is 0.289 e. The number of nitro groups is 1. The largest absolute Gasteiger partial charge is 0.381 e. The highest BCUT2D eigenvalue weighted by atomic mass is 16.6. The molecule has 1 heterocycles. The molecule has 1 aromatic carbocycles. The Hall–Kier alpha value is -2.88. The van der Waals surface area contributed by atoms with Gasteiger partial charge in [0.2, 0.25) is 0 Å². The summed E-state index contributed by atoms with van der Waals surface area (Å²) in [6.45, 7) is 2.59. The molecule has 0 aliphatic rings. The zero-order chi connectivity index (χ0) is 14.5. The Morgan fingerprint density at radius 3 is 3.00 bits per heavy atom. The summed E-state index contributed by atoms with van der Waals surface area (Å²) < 4.78 is 1.77. The molecule has 2 aromatic rings. The maximum absolute atomic E-state index is 10.9. The highest BCUT2D eigenvalue weighted by Crippen LogP contribution is 2.23. The van der Waals surface area contributed by atoms with E-state index in [4.69, 9.17) is 5.26 Å². The van der Waals surface area contributed by atoms with Crippen LogP contribution < -0.4 is 5.32 Å². The van der Waals surface area contributed by atoms with Crippen molar-refractivity contribution >= 4 is 11.4 Å². The van der Waals surface area contributed by atoms with E-state index in [-0.39, 0.29) is 17.3 Å². The number of nitrogens with zero attached hydrogens (tertiary/aromatic N) is 4. The molecule has 1 aromatic heterocycles. The molecule has 1 atom stereocenters. The number of nitriles is 1. The van der Waals surface area contributed by atoms with Crippen molar-refractivity contribution in [3.63, 3.8) is 0 Å². The molecule has 0 spiro atoms. The second kappa shape index (κ2) is 5.84. The second-order valence-electron chi connectivity index (χ2n) is 4.37. The zero-order valence-electron chi connectivity index (χ0n) is 10.9. The predicted molar refractivity (Wildman–Crippen MR) is 73.1 cm³/mol. The van der Waals surface area contributed by atoms with Crippen LogP contribution in [-0.2, 0) is 6.54 Å². The van der Waals surface area contributed by atoms with Crippen molar-refractivity contribution in [2.45, 2.75) is 19.5 Å². The fourth-order valence-corrected chi connectivity index (χ4v) is 1.89. The van der Waals surface area contributed by atoms with Gasteiger partial charge >= 0.3 is 0 Å². The molecule has 7 nitrogen and oxygen atoms in total. The van der Waals surface area contributed by atoms with Crippen molar-refractivity contribution in [1.82, 2.24) is 9.78 Å². The lowest BCUT2D eigenvalue weighted by Gasteiger charge is -2.15. The number of hydrogen-bond acceptors (Lipinski definition) is 5. The van der Waals surface area contributed by atoms with E-state index in [2.05, 4.69) is 10.4 Å². The molecule has 0 radical (unpaired) electrons. The Bertz CT molecular complexity index is 645. The average Bonchev–Trinajstić information content (AvgIpc) is 2.91. The molecular formula is C13H13N5O2. The average molecular weight is 271 g/mol. The number of nitrogens with one attached hydrogen (secondary N) is 1. The van der Waals surface area contributed by atoms with Crippen molar-refractivity contribution in [3.8, 4) is 6.07 Å². The lowest BCUT2D eigenvalue weighted by Crippen LogP contribution is -2.22. The SMILES string of the molecule is C[C@H](Cn1cccn1)Nc1ccc(C#N)c([N+](=O)[O-])c1. The van der Waals surface area contributed by atoms with Crippen LogP contribution in [0.2, 0.25) is 0 Å². The van der Waals surface area contributed by atoms with Gasteiger partial charge in [-0.1, -0.05) is 0 Å². The van der Waals surface area contributed by atoms with E-state index in [1.807, 2.05) is 25.3 Å². The van der Waals surface area contributed by atoms with Crippen molar-refractivity contribution in [3.05, 3.63) is 52.3 Å². The van der Waals surface area contributed by atoms with E-state index in [0.29, 0.717) is 12.2 Å². The molecule has 0 fully saturated rings. The lowest BCUT2D eigenvalue weighted by atomic mass is 10.1. The number of benzene rings is 1. The fraction of sp³-hybridized carbons (Fsp3) is 0.231. The summed E-state index contributed by atoms with van der Waals surface area (Å²) in [5.74, 6) is 0. The van der Waals surface area contributed by atoms with Gasteiger partial charge in [0.05, 0.1) is 11.5 Å². The van der Waals surface area contributed by atoms with E-state index in [1.165, 1.54) is 12.1 Å². The summed E-state index contributed by atoms with van der Waals surface area (Å²) in [5.41, 5.74) is 0.472. The van der Waals surface area contributed by atoms with Gasteiger partial charge < -0.3 is 5.32 Å². The quantitative estimate of drug-likeness (QED) is 0.664. The van der Waals surface area contributed by atoms with Gasteiger partial charge in [-0.2, -0.15) is 10.4 Å². The van der Waals surface area contributed by atoms with Gasteiger partial charge in [-0.15, -0.1) is 0 Å². The molecule has 0 aliphatic carbocycles. The Kier molecular flexibility index (Phi) is 3.96. The maximum atomic E-state index is 10.9. The standard InChI is InChI=1S/C13H13N5O2/c1-10(9-17-6-2-5-15-17)16-12-4-3-11(8-14)13(7-12)18(19)20/h2-7,10,16H,9H2,1H3/t10-/m1/s1. The maximum Gasteiger partial charge on any atom is 0.289 e. The van der Waals surface area contributed by atoms with Crippen LogP contribution in [0.1, 0.15) is 12.5 Å². The molecule has 102 valence electrons. The van der Waals surface area contributed by atoms with Crippen molar-refractivity contribution < 1.29 is 4.92 Å². The molecule has 7 heteroatoms. The fourth-order valence-electron chi connectivity index (χ4n) is 1.89. The number of hydrogen-bond donors (Lipinski definition) is 1. The van der Waals surface area contributed by atoms with Crippen LogP contribution in [0, 0.1) is 21.4 Å². The van der Waals surface area contributed by atoms with Crippen LogP contribution in [-0.4, -0.2) is 20.7 Å². The van der Waals surface area contributed by atoms with E-state index in [0.717, 1.165) is 0 Å². The number of anilines is 1. The van der Waals surface area contributed by atoms with Gasteiger partial charge in [0.1, 0.15) is 11.6 Å². The van der Waals surface area contributed by atoms with Crippen molar-refractivity contribution in [2.24, 2.45) is 0 Å². The third kappa shape index (κ3) is 3.11. The first-order chi connectivity index (χ1) is 9.60. The van der Waals surface area contributed by atoms with E-state index >= 15 is 0 Å². The second-order valence-corrected chi connectivity index (χ2v) is 4.37. The molecule has 0 aliphatic heterocycles. The normalized spacial score (nSPS) is 11.6. The first-order valence-corrected chi connectivity index (χ1v) is 6.02. The Morgan fingerprint density at radius 2 is 2.40 bits per heavy atom. The number of aromatic nitrogens is 2. The predicted octanol–water partition coefficient (Wildman–Crippen LogP) is 2.16. The minimum atomic E-state index is -0.554. The van der Waals surface area contributed by atoms with Crippen molar-refractivity contribution in [2.75, 3.05) is 5.32 Å². The van der Waals surface area contributed by atoms with Crippen LogP contribution in [0.15, 0.2) is 36.7 Å². The summed E-state index contributed by atoms with van der Waals surface area (Å²) >= 11 is 0. The molecule has 1 N–H and O–H groups in total. The van der Waals surface area contributed by atoms with Crippen molar-refractivity contribution in [1.29, 1.82) is 5.26 Å². The molecular weight excluding hydrogens is 258 g/mol. The third-order valence-electron chi connectivity index (χ3n) is 2.75. The summed E-state index contributed by atoms with van der Waals surface area (Å²) in [7, 11) is 0. The van der Waals surface area contributed by atoms with Gasteiger partial charge in [-0.25, -0.2) is 0 Å². The van der Waals surface area contributed by atoms with Crippen LogP contribution in [0.25, 0.3) is 0 Å². The summed E-state index contributed by atoms with van der Waals surface area (Å²) in [6, 6.07) is 8.16. The summed E-state index contributed by atoms with van der Waals surface area (Å²) in [4.78, 5) is 10.3. The molecule has 0 unspecified atom stereocenters. The van der Waals surface area contributed by atoms with E-state index in [1.54, 1.807) is 16.9 Å². The van der Waals surface area contributed by atoms with E-state index < -0.39 is 4.92 Å². The van der Waals surface area contributed by atoms with Gasteiger partial charge in [-0.05, 0) is 25.1 Å². The third-order valence-corrected chi connectivity index (χ3v) is 2.75. The molecule has 2 rings (SSSR count). The number of nitro benzene ring substituents is 1.